The zero-order chi connectivity index (χ0) is 12.8. The molecule has 0 bridgehead atoms. The highest BCUT2D eigenvalue weighted by Crippen LogP contribution is 2.35. The van der Waals surface area contributed by atoms with E-state index in [1.54, 1.807) is 22.6 Å². The summed E-state index contributed by atoms with van der Waals surface area (Å²) in [7, 11) is -3.39. The Morgan fingerprint density at radius 2 is 2.28 bits per heavy atom. The number of pyridine rings is 1. The minimum Gasteiger partial charge on any atom is -0.316 e. The largest absolute Gasteiger partial charge is 0.316 e. The van der Waals surface area contributed by atoms with Crippen LogP contribution in [-0.4, -0.2) is 43.4 Å². The van der Waals surface area contributed by atoms with Crippen LogP contribution in [0.5, 0.6) is 0 Å². The maximum atomic E-state index is 12.5. The molecule has 2 saturated heterocycles. The van der Waals surface area contributed by atoms with Crippen molar-refractivity contribution in [3.8, 4) is 0 Å². The Kier molecular flexibility index (Phi) is 2.88. The van der Waals surface area contributed by atoms with E-state index in [2.05, 4.69) is 10.3 Å². The van der Waals surface area contributed by atoms with E-state index in [9.17, 15) is 8.42 Å². The maximum absolute atomic E-state index is 12.5. The van der Waals surface area contributed by atoms with Gasteiger partial charge < -0.3 is 5.32 Å². The monoisotopic (exact) mass is 267 g/mol. The molecule has 3 rings (SSSR count). The lowest BCUT2D eigenvalue weighted by Gasteiger charge is -2.23. The molecule has 98 valence electrons. The number of nitrogens with one attached hydrogen (secondary N) is 1. The van der Waals surface area contributed by atoms with Crippen LogP contribution in [0.1, 0.15) is 6.92 Å². The normalized spacial score (nSPS) is 32.6. The van der Waals surface area contributed by atoms with Crippen LogP contribution in [0.4, 0.5) is 0 Å². The Morgan fingerprint density at radius 1 is 1.44 bits per heavy atom. The summed E-state index contributed by atoms with van der Waals surface area (Å²) in [5, 5.41) is 3.33. The highest BCUT2D eigenvalue weighted by atomic mass is 32.2. The first-order valence-electron chi connectivity index (χ1n) is 6.23. The van der Waals surface area contributed by atoms with Crippen molar-refractivity contribution >= 4 is 10.0 Å². The van der Waals surface area contributed by atoms with Gasteiger partial charge in [-0.1, -0.05) is 0 Å². The molecule has 0 radical (unpaired) electrons. The Hall–Kier alpha value is -0.980. The van der Waals surface area contributed by atoms with Gasteiger partial charge in [0.1, 0.15) is 4.90 Å². The zero-order valence-electron chi connectivity index (χ0n) is 10.3. The molecule has 3 atom stereocenters. The van der Waals surface area contributed by atoms with E-state index in [0.29, 0.717) is 23.3 Å². The molecule has 1 aromatic rings. The van der Waals surface area contributed by atoms with Crippen LogP contribution in [0.15, 0.2) is 29.4 Å². The van der Waals surface area contributed by atoms with E-state index >= 15 is 0 Å². The lowest BCUT2D eigenvalue weighted by atomic mass is 9.95. The van der Waals surface area contributed by atoms with Gasteiger partial charge in [0.25, 0.3) is 0 Å². The topological polar surface area (TPSA) is 62.3 Å². The van der Waals surface area contributed by atoms with Crippen LogP contribution in [0.3, 0.4) is 0 Å². The van der Waals surface area contributed by atoms with Crippen molar-refractivity contribution in [2.75, 3.05) is 19.6 Å². The van der Waals surface area contributed by atoms with E-state index in [1.165, 1.54) is 6.20 Å². The molecule has 0 amide bonds. The standard InChI is InChI=1S/C12H17N3O2S/c1-9-12-7-14-5-10(12)8-15(9)18(16,17)11-3-2-4-13-6-11/h2-4,6,9-10,12,14H,5,7-8H2,1H3. The third-order valence-corrected chi connectivity index (χ3v) is 6.06. The molecule has 2 fully saturated rings. The van der Waals surface area contributed by atoms with Crippen LogP contribution in [0.25, 0.3) is 0 Å². The molecule has 5 nitrogen and oxygen atoms in total. The third-order valence-electron chi connectivity index (χ3n) is 4.12. The van der Waals surface area contributed by atoms with Gasteiger partial charge in [-0.05, 0) is 44.0 Å². The molecular weight excluding hydrogens is 250 g/mol. The van der Waals surface area contributed by atoms with Crippen molar-refractivity contribution < 1.29 is 8.42 Å². The summed E-state index contributed by atoms with van der Waals surface area (Å²) >= 11 is 0. The van der Waals surface area contributed by atoms with Gasteiger partial charge in [0, 0.05) is 25.0 Å². The fourth-order valence-electron chi connectivity index (χ4n) is 3.08. The van der Waals surface area contributed by atoms with Gasteiger partial charge in [-0.3, -0.25) is 4.98 Å². The van der Waals surface area contributed by atoms with Crippen molar-refractivity contribution in [2.24, 2.45) is 11.8 Å². The molecule has 3 unspecified atom stereocenters. The highest BCUT2D eigenvalue weighted by Gasteiger charge is 2.46. The van der Waals surface area contributed by atoms with Gasteiger partial charge in [-0.15, -0.1) is 0 Å². The summed E-state index contributed by atoms with van der Waals surface area (Å²) in [6.07, 6.45) is 3.01. The van der Waals surface area contributed by atoms with Gasteiger partial charge in [0.15, 0.2) is 0 Å². The highest BCUT2D eigenvalue weighted by molar-refractivity contribution is 7.89. The lowest BCUT2D eigenvalue weighted by molar-refractivity contribution is 0.360. The number of aromatic nitrogens is 1. The van der Waals surface area contributed by atoms with E-state index in [0.717, 1.165) is 13.1 Å². The van der Waals surface area contributed by atoms with Crippen molar-refractivity contribution in [2.45, 2.75) is 17.9 Å². The molecule has 3 heterocycles. The number of sulfonamides is 1. The summed E-state index contributed by atoms with van der Waals surface area (Å²) in [6.45, 7) is 4.47. The molecule has 2 aliphatic heterocycles. The van der Waals surface area contributed by atoms with Crippen LogP contribution in [0, 0.1) is 11.8 Å². The van der Waals surface area contributed by atoms with Crippen molar-refractivity contribution in [3.05, 3.63) is 24.5 Å². The fraction of sp³-hybridized carbons (Fsp3) is 0.583. The molecule has 0 saturated carbocycles. The van der Waals surface area contributed by atoms with Gasteiger partial charge in [0.05, 0.1) is 0 Å². The zero-order valence-corrected chi connectivity index (χ0v) is 11.1. The van der Waals surface area contributed by atoms with E-state index < -0.39 is 10.0 Å². The van der Waals surface area contributed by atoms with Gasteiger partial charge >= 0.3 is 0 Å². The average molecular weight is 267 g/mol. The predicted molar refractivity (Wildman–Crippen MR) is 67.4 cm³/mol. The Labute approximate surface area is 107 Å². The Bertz CT molecular complexity index is 532. The molecule has 1 aromatic heterocycles. The molecule has 6 heteroatoms. The Morgan fingerprint density at radius 3 is 2.94 bits per heavy atom. The smallest absolute Gasteiger partial charge is 0.244 e. The first kappa shape index (κ1) is 12.1. The molecule has 0 aromatic carbocycles. The van der Waals surface area contributed by atoms with Crippen LogP contribution >= 0.6 is 0 Å². The summed E-state index contributed by atoms with van der Waals surface area (Å²) in [6, 6.07) is 3.34. The van der Waals surface area contributed by atoms with Crippen molar-refractivity contribution in [1.29, 1.82) is 0 Å². The van der Waals surface area contributed by atoms with Crippen LogP contribution in [0.2, 0.25) is 0 Å². The van der Waals surface area contributed by atoms with Crippen LogP contribution in [-0.2, 0) is 10.0 Å². The van der Waals surface area contributed by atoms with E-state index in [4.69, 9.17) is 0 Å². The molecular formula is C12H17N3O2S. The fourth-order valence-corrected chi connectivity index (χ4v) is 4.78. The average Bonchev–Trinajstić information content (AvgIpc) is 2.94. The number of nitrogens with zero attached hydrogens (tertiary/aromatic N) is 2. The maximum Gasteiger partial charge on any atom is 0.244 e. The SMILES string of the molecule is CC1C2CNCC2CN1S(=O)(=O)c1cccnc1. The second-order valence-electron chi connectivity index (χ2n) is 5.09. The molecule has 2 aliphatic rings. The number of hydrogen-bond acceptors (Lipinski definition) is 4. The predicted octanol–water partition coefficient (Wildman–Crippen LogP) is 0.310. The van der Waals surface area contributed by atoms with E-state index in [-0.39, 0.29) is 6.04 Å². The summed E-state index contributed by atoms with van der Waals surface area (Å²) in [4.78, 5) is 4.20. The summed E-state index contributed by atoms with van der Waals surface area (Å²) in [5.74, 6) is 0.892. The number of rotatable bonds is 2. The molecule has 1 N–H and O–H groups in total. The molecule has 18 heavy (non-hydrogen) atoms. The first-order valence-corrected chi connectivity index (χ1v) is 7.67. The second kappa shape index (κ2) is 4.29. The third kappa shape index (κ3) is 1.75. The number of fused-ring (bicyclic) bond motifs is 1. The Balaban J connectivity index is 1.92. The van der Waals surface area contributed by atoms with Gasteiger partial charge in [0.2, 0.25) is 10.0 Å². The minimum absolute atomic E-state index is 0.0650. The lowest BCUT2D eigenvalue weighted by Crippen LogP contribution is -2.38. The van der Waals surface area contributed by atoms with Crippen molar-refractivity contribution in [3.63, 3.8) is 0 Å². The van der Waals surface area contributed by atoms with Gasteiger partial charge in [-0.2, -0.15) is 4.31 Å². The molecule has 0 aliphatic carbocycles. The molecule has 0 spiro atoms. The number of hydrogen-bond donors (Lipinski definition) is 1. The minimum atomic E-state index is -3.39. The second-order valence-corrected chi connectivity index (χ2v) is 6.98. The quantitative estimate of drug-likeness (QED) is 0.838. The van der Waals surface area contributed by atoms with E-state index in [1.807, 2.05) is 6.92 Å². The van der Waals surface area contributed by atoms with Crippen molar-refractivity contribution in [1.82, 2.24) is 14.6 Å². The van der Waals surface area contributed by atoms with Gasteiger partial charge in [-0.25, -0.2) is 8.42 Å². The summed E-state index contributed by atoms with van der Waals surface area (Å²) < 4.78 is 26.7. The first-order chi connectivity index (χ1) is 8.60. The summed E-state index contributed by atoms with van der Waals surface area (Å²) in [5.41, 5.74) is 0. The van der Waals surface area contributed by atoms with Crippen LogP contribution < -0.4 is 5.32 Å².